The van der Waals surface area contributed by atoms with E-state index < -0.39 is 0 Å². The Kier molecular flexibility index (Phi) is 4.47. The molecule has 1 fully saturated rings. The van der Waals surface area contributed by atoms with Crippen molar-refractivity contribution in [1.82, 2.24) is 0 Å². The minimum absolute atomic E-state index is 0.709. The van der Waals surface area contributed by atoms with Gasteiger partial charge in [-0.15, -0.1) is 8.58 Å². The molecule has 2 unspecified atom stereocenters. The Morgan fingerprint density at radius 3 is 2.18 bits per heavy atom. The molecule has 0 N–H and O–H groups in total. The van der Waals surface area contributed by atoms with Crippen molar-refractivity contribution < 1.29 is 0 Å². The normalized spacial score (nSPS) is 27.9. The minimum Gasteiger partial charge on any atom is -0.114 e. The van der Waals surface area contributed by atoms with Crippen LogP contribution in [0.15, 0.2) is 22.3 Å². The van der Waals surface area contributed by atoms with Crippen LogP contribution >= 0.6 is 8.58 Å². The van der Waals surface area contributed by atoms with Gasteiger partial charge < -0.3 is 0 Å². The van der Waals surface area contributed by atoms with E-state index in [1.807, 2.05) is 0 Å². The van der Waals surface area contributed by atoms with E-state index in [2.05, 4.69) is 27.7 Å². The fraction of sp³-hybridized carbons (Fsp3) is 0.750. The van der Waals surface area contributed by atoms with E-state index in [4.69, 9.17) is 0 Å². The lowest BCUT2D eigenvalue weighted by Crippen LogP contribution is -2.07. The van der Waals surface area contributed by atoms with Crippen LogP contribution in [0.25, 0.3) is 0 Å². The van der Waals surface area contributed by atoms with E-state index in [-0.39, 0.29) is 0 Å². The third-order valence-corrected chi connectivity index (χ3v) is 6.70. The summed E-state index contributed by atoms with van der Waals surface area (Å²) in [6.45, 7) is 9.37. The van der Waals surface area contributed by atoms with Gasteiger partial charge in [0.2, 0.25) is 0 Å². The van der Waals surface area contributed by atoms with Crippen molar-refractivity contribution in [3.63, 3.8) is 0 Å². The predicted octanol–water partition coefficient (Wildman–Crippen LogP) is 5.30. The third kappa shape index (κ3) is 2.84. The highest BCUT2D eigenvalue weighted by Gasteiger charge is 2.23. The van der Waals surface area contributed by atoms with Crippen LogP contribution < -0.4 is 0 Å². The summed E-state index contributed by atoms with van der Waals surface area (Å²) in [6, 6.07) is 0. The molecule has 0 saturated heterocycles. The molecule has 17 heavy (non-hydrogen) atoms. The molecule has 0 bridgehead atoms. The maximum absolute atomic E-state index is 2.37. The highest BCUT2D eigenvalue weighted by atomic mass is 31.1. The topological polar surface area (TPSA) is 0 Å². The molecular formula is C16H27P. The first-order valence-corrected chi connectivity index (χ1v) is 8.50. The average molecular weight is 250 g/mol. The summed E-state index contributed by atoms with van der Waals surface area (Å²) in [7, 11) is 1.17. The van der Waals surface area contributed by atoms with Gasteiger partial charge in [0.25, 0.3) is 0 Å². The molecule has 0 heterocycles. The molecule has 2 rings (SSSR count). The van der Waals surface area contributed by atoms with Gasteiger partial charge in [0.1, 0.15) is 0 Å². The molecule has 0 amide bonds. The second-order valence-electron chi connectivity index (χ2n) is 5.91. The lowest BCUT2D eigenvalue weighted by atomic mass is 10.00. The van der Waals surface area contributed by atoms with Gasteiger partial charge in [-0.05, 0) is 62.5 Å². The summed E-state index contributed by atoms with van der Waals surface area (Å²) in [6.07, 6.45) is 8.83. The van der Waals surface area contributed by atoms with Crippen molar-refractivity contribution in [3.8, 4) is 0 Å². The van der Waals surface area contributed by atoms with E-state index in [0.717, 1.165) is 5.66 Å². The van der Waals surface area contributed by atoms with Gasteiger partial charge in [0.05, 0.1) is 0 Å². The van der Waals surface area contributed by atoms with E-state index in [1.54, 1.807) is 22.3 Å². The number of hydrogen-bond donors (Lipinski definition) is 0. The van der Waals surface area contributed by atoms with Gasteiger partial charge >= 0.3 is 0 Å². The van der Waals surface area contributed by atoms with Crippen LogP contribution in [0.2, 0.25) is 0 Å². The van der Waals surface area contributed by atoms with Crippen LogP contribution in [0.1, 0.15) is 59.8 Å². The van der Waals surface area contributed by atoms with Crippen molar-refractivity contribution in [2.24, 2.45) is 5.92 Å². The molecule has 0 spiro atoms. The summed E-state index contributed by atoms with van der Waals surface area (Å²) in [5.74, 6) is 0.709. The van der Waals surface area contributed by atoms with Gasteiger partial charge in [0, 0.05) is 0 Å². The predicted molar refractivity (Wildman–Crippen MR) is 80.3 cm³/mol. The Balaban J connectivity index is 1.94. The quantitative estimate of drug-likeness (QED) is 0.596. The second-order valence-corrected chi connectivity index (χ2v) is 7.49. The fourth-order valence-electron chi connectivity index (χ4n) is 3.27. The summed E-state index contributed by atoms with van der Waals surface area (Å²) in [5.41, 5.74) is 7.64. The van der Waals surface area contributed by atoms with Crippen molar-refractivity contribution in [2.45, 2.75) is 65.5 Å². The van der Waals surface area contributed by atoms with Crippen LogP contribution in [-0.4, -0.2) is 11.8 Å². The van der Waals surface area contributed by atoms with Gasteiger partial charge in [-0.3, -0.25) is 0 Å². The van der Waals surface area contributed by atoms with E-state index >= 15 is 0 Å². The smallest absolute Gasteiger partial charge is 0.00151 e. The van der Waals surface area contributed by atoms with Gasteiger partial charge in [-0.1, -0.05) is 37.3 Å². The lowest BCUT2D eigenvalue weighted by Gasteiger charge is -2.22. The van der Waals surface area contributed by atoms with Crippen molar-refractivity contribution in [2.75, 3.05) is 6.16 Å². The Morgan fingerprint density at radius 1 is 1.00 bits per heavy atom. The second kappa shape index (κ2) is 5.70. The van der Waals surface area contributed by atoms with Crippen LogP contribution in [0.4, 0.5) is 0 Å². The van der Waals surface area contributed by atoms with Crippen molar-refractivity contribution in [3.05, 3.63) is 22.3 Å². The monoisotopic (exact) mass is 250 g/mol. The van der Waals surface area contributed by atoms with Gasteiger partial charge in [0.15, 0.2) is 0 Å². The summed E-state index contributed by atoms with van der Waals surface area (Å²) in [4.78, 5) is 0. The zero-order valence-electron chi connectivity index (χ0n) is 11.9. The van der Waals surface area contributed by atoms with Gasteiger partial charge in [-0.2, -0.15) is 0 Å². The molecule has 0 aromatic carbocycles. The maximum atomic E-state index is 2.37. The zero-order chi connectivity index (χ0) is 12.4. The molecule has 0 radical (unpaired) electrons. The first kappa shape index (κ1) is 13.3. The Labute approximate surface area is 109 Å². The van der Waals surface area contributed by atoms with Crippen molar-refractivity contribution in [1.29, 1.82) is 0 Å². The highest BCUT2D eigenvalue weighted by molar-refractivity contribution is 7.39. The van der Waals surface area contributed by atoms with Crippen LogP contribution in [0, 0.1) is 5.92 Å². The summed E-state index contributed by atoms with van der Waals surface area (Å²) in [5, 5.41) is 0. The van der Waals surface area contributed by atoms with Crippen LogP contribution in [-0.2, 0) is 0 Å². The van der Waals surface area contributed by atoms with Gasteiger partial charge in [-0.25, -0.2) is 0 Å². The van der Waals surface area contributed by atoms with Crippen LogP contribution in [0.5, 0.6) is 0 Å². The average Bonchev–Trinajstić information content (AvgIpc) is 2.54. The Bertz CT molecular complexity index is 343. The Hall–Kier alpha value is -0.0900. The maximum Gasteiger partial charge on any atom is -0.00151 e. The molecule has 0 nitrogen and oxygen atoms in total. The van der Waals surface area contributed by atoms with Crippen LogP contribution in [0.3, 0.4) is 0 Å². The third-order valence-electron chi connectivity index (χ3n) is 4.99. The molecule has 0 aromatic heterocycles. The van der Waals surface area contributed by atoms with E-state index in [9.17, 15) is 0 Å². The summed E-state index contributed by atoms with van der Waals surface area (Å²) < 4.78 is 0. The molecule has 0 aromatic rings. The minimum atomic E-state index is 0.709. The number of rotatable bonds is 3. The largest absolute Gasteiger partial charge is 0.114 e. The number of hydrogen-bond acceptors (Lipinski definition) is 0. The molecular weight excluding hydrogens is 223 g/mol. The summed E-state index contributed by atoms with van der Waals surface area (Å²) >= 11 is 0. The number of allylic oxidation sites excluding steroid dienone is 4. The Morgan fingerprint density at radius 2 is 1.65 bits per heavy atom. The standard InChI is InChI=1S/C16H27P/c1-11-12(2)14(4)16(13(11)3)10-17-15-8-6-5-7-9-15/h11,15,17H,5-10H2,1-4H3. The molecule has 2 atom stereocenters. The SMILES string of the molecule is CC1=C(C)C(C)C(C)=C1CPC1CCCCC1. The molecule has 1 saturated carbocycles. The van der Waals surface area contributed by atoms with E-state index in [1.165, 1.54) is 46.8 Å². The van der Waals surface area contributed by atoms with E-state index in [0.29, 0.717) is 5.92 Å². The fourth-order valence-corrected chi connectivity index (χ4v) is 5.12. The molecule has 1 heteroatoms. The first-order chi connectivity index (χ1) is 8.11. The van der Waals surface area contributed by atoms with Crippen molar-refractivity contribution >= 4 is 8.58 Å². The lowest BCUT2D eigenvalue weighted by molar-refractivity contribution is 0.513. The zero-order valence-corrected chi connectivity index (χ0v) is 12.9. The molecule has 96 valence electrons. The molecule has 2 aliphatic carbocycles. The first-order valence-electron chi connectivity index (χ1n) is 7.22. The molecule has 2 aliphatic rings. The molecule has 0 aliphatic heterocycles. The highest BCUT2D eigenvalue weighted by Crippen LogP contribution is 2.41.